The highest BCUT2D eigenvalue weighted by Gasteiger charge is 2.42. The van der Waals surface area contributed by atoms with Crippen LogP contribution in [0.1, 0.15) is 48.2 Å². The first-order valence-corrected chi connectivity index (χ1v) is 8.62. The number of carbonyl (C=O) groups excluding carboxylic acids is 3. The number of benzene rings is 1. The van der Waals surface area contributed by atoms with Crippen molar-refractivity contribution >= 4 is 23.5 Å². The van der Waals surface area contributed by atoms with E-state index in [1.54, 1.807) is 25.2 Å². The second-order valence-corrected chi connectivity index (χ2v) is 6.35. The van der Waals surface area contributed by atoms with Gasteiger partial charge in [0.2, 0.25) is 0 Å². The maximum atomic E-state index is 12.8. The molecule has 2 rings (SSSR count). The van der Waals surface area contributed by atoms with Crippen molar-refractivity contribution in [1.82, 2.24) is 0 Å². The van der Waals surface area contributed by atoms with E-state index < -0.39 is 35.5 Å². The normalized spacial score (nSPS) is 13.6. The molecule has 1 aromatic carbocycles. The molecule has 0 fully saturated rings. The van der Waals surface area contributed by atoms with Gasteiger partial charge in [-0.3, -0.25) is 9.59 Å². The van der Waals surface area contributed by atoms with Gasteiger partial charge in [-0.25, -0.2) is 4.79 Å². The van der Waals surface area contributed by atoms with Crippen LogP contribution in [0.4, 0.5) is 18.9 Å². The number of halogens is 3. The number of fused-ring (bicyclic) bond motifs is 1. The van der Waals surface area contributed by atoms with Crippen molar-refractivity contribution in [3.05, 3.63) is 28.3 Å². The summed E-state index contributed by atoms with van der Waals surface area (Å²) in [6.45, 7) is 4.93. The molecule has 1 aliphatic heterocycles. The van der Waals surface area contributed by atoms with Crippen LogP contribution in [0.25, 0.3) is 0 Å². The number of alkyl halides is 3. The van der Waals surface area contributed by atoms with Crippen molar-refractivity contribution < 1.29 is 41.8 Å². The molecule has 158 valence electrons. The summed E-state index contributed by atoms with van der Waals surface area (Å²) in [5.74, 6) is -4.57. The highest BCUT2D eigenvalue weighted by molar-refractivity contribution is 6.08. The Hall–Kier alpha value is -3.04. The zero-order valence-electron chi connectivity index (χ0n) is 16.3. The van der Waals surface area contributed by atoms with E-state index in [2.05, 4.69) is 0 Å². The van der Waals surface area contributed by atoms with Crippen LogP contribution in [0.3, 0.4) is 0 Å². The molecular weight excluding hydrogens is 395 g/mol. The number of cyclic esters (lactones) is 1. The lowest BCUT2D eigenvalue weighted by Gasteiger charge is -2.20. The number of amides is 1. The molecule has 0 saturated carbocycles. The second-order valence-electron chi connectivity index (χ2n) is 6.35. The van der Waals surface area contributed by atoms with Gasteiger partial charge in [0.25, 0.3) is 0 Å². The predicted octanol–water partition coefficient (Wildman–Crippen LogP) is 3.83. The Kier molecular flexibility index (Phi) is 6.55. The van der Waals surface area contributed by atoms with Crippen LogP contribution >= 0.6 is 0 Å². The molecule has 0 radical (unpaired) electrons. The van der Waals surface area contributed by atoms with Gasteiger partial charge in [0, 0.05) is 17.5 Å². The third-order valence-electron chi connectivity index (χ3n) is 4.46. The molecule has 1 aliphatic rings. The maximum Gasteiger partial charge on any atom is 0.471 e. The largest absolute Gasteiger partial charge is 0.492 e. The summed E-state index contributed by atoms with van der Waals surface area (Å²) >= 11 is 0. The van der Waals surface area contributed by atoms with E-state index in [0.717, 1.165) is 5.57 Å². The molecule has 1 heterocycles. The fourth-order valence-corrected chi connectivity index (χ4v) is 2.74. The third kappa shape index (κ3) is 4.69. The van der Waals surface area contributed by atoms with Gasteiger partial charge in [0.1, 0.15) is 12.3 Å². The molecule has 1 N–H and O–H groups in total. The van der Waals surface area contributed by atoms with Crippen molar-refractivity contribution in [2.75, 3.05) is 12.4 Å². The van der Waals surface area contributed by atoms with E-state index in [9.17, 15) is 27.6 Å². The highest BCUT2D eigenvalue weighted by atomic mass is 19.4. The molecular formula is C19H20F3NO6. The number of methoxy groups -OCH3 is 1. The minimum absolute atomic E-state index is 0.0629. The van der Waals surface area contributed by atoms with Gasteiger partial charge in [-0.15, -0.1) is 0 Å². The molecule has 0 bridgehead atoms. The highest BCUT2D eigenvalue weighted by Crippen LogP contribution is 2.46. The predicted molar refractivity (Wildman–Crippen MR) is 95.8 cm³/mol. The Morgan fingerprint density at radius 2 is 1.90 bits per heavy atom. The molecule has 7 nitrogen and oxygen atoms in total. The Morgan fingerprint density at radius 1 is 1.24 bits per heavy atom. The average Bonchev–Trinajstić information content (AvgIpc) is 3.04. The molecule has 0 unspecified atom stereocenters. The summed E-state index contributed by atoms with van der Waals surface area (Å²) in [6, 6.07) is 0. The van der Waals surface area contributed by atoms with E-state index in [4.69, 9.17) is 14.2 Å². The number of hydrogen-bond acceptors (Lipinski definition) is 6. The summed E-state index contributed by atoms with van der Waals surface area (Å²) in [7, 11) is 1.23. The molecule has 0 atom stereocenters. The molecule has 0 aromatic heterocycles. The summed E-state index contributed by atoms with van der Waals surface area (Å²) in [6.07, 6.45) is -3.11. The average molecular weight is 415 g/mol. The lowest BCUT2D eigenvalue weighted by molar-refractivity contribution is -0.167. The van der Waals surface area contributed by atoms with Gasteiger partial charge in [-0.2, -0.15) is 13.2 Å². The quantitative estimate of drug-likeness (QED) is 0.432. The van der Waals surface area contributed by atoms with E-state index >= 15 is 0 Å². The number of esters is 2. The fraction of sp³-hybridized carbons (Fsp3) is 0.421. The zero-order chi connectivity index (χ0) is 21.9. The summed E-state index contributed by atoms with van der Waals surface area (Å²) in [5, 5.41) is 1.63. The van der Waals surface area contributed by atoms with Crippen LogP contribution in [-0.4, -0.2) is 31.1 Å². The van der Waals surface area contributed by atoms with Crippen LogP contribution in [0.5, 0.6) is 11.5 Å². The van der Waals surface area contributed by atoms with Gasteiger partial charge in [-0.05, 0) is 27.2 Å². The summed E-state index contributed by atoms with van der Waals surface area (Å²) in [5.41, 5.74) is 0.601. The summed E-state index contributed by atoms with van der Waals surface area (Å²) in [4.78, 5) is 35.9. The standard InChI is InChI=1S/C19H20F3NO6/c1-5-9(2)6-7-12(24)29-16-14(23-18(26)19(20,21)22)13-11(8-28-17(13)25)10(3)15(16)27-4/h5H,6-8H2,1-4H3,(H,23,26). The van der Waals surface area contributed by atoms with Gasteiger partial charge >= 0.3 is 24.0 Å². The monoisotopic (exact) mass is 415 g/mol. The number of carbonyl (C=O) groups is 3. The molecule has 1 amide bonds. The molecule has 0 aliphatic carbocycles. The SMILES string of the molecule is CC=C(C)CCC(=O)Oc1c(NC(=O)C(F)(F)F)c2c(c(C)c1OC)COC2=O. The van der Waals surface area contributed by atoms with E-state index in [1.165, 1.54) is 14.0 Å². The van der Waals surface area contributed by atoms with Gasteiger partial charge < -0.3 is 19.5 Å². The Bertz CT molecular complexity index is 889. The smallest absolute Gasteiger partial charge is 0.471 e. The van der Waals surface area contributed by atoms with E-state index in [-0.39, 0.29) is 29.9 Å². The Labute approximate surface area is 164 Å². The van der Waals surface area contributed by atoms with Crippen LogP contribution in [0.15, 0.2) is 11.6 Å². The first-order chi connectivity index (χ1) is 13.5. The number of allylic oxidation sites excluding steroid dienone is 2. The lowest BCUT2D eigenvalue weighted by atomic mass is 9.99. The topological polar surface area (TPSA) is 90.9 Å². The molecule has 1 aromatic rings. The van der Waals surface area contributed by atoms with Gasteiger partial charge in [-0.1, -0.05) is 11.6 Å². The van der Waals surface area contributed by atoms with Crippen molar-refractivity contribution in [2.45, 2.75) is 46.4 Å². The van der Waals surface area contributed by atoms with E-state index in [1.807, 2.05) is 0 Å². The Morgan fingerprint density at radius 3 is 2.45 bits per heavy atom. The van der Waals surface area contributed by atoms with Crippen molar-refractivity contribution in [3.8, 4) is 11.5 Å². The van der Waals surface area contributed by atoms with Crippen molar-refractivity contribution in [1.29, 1.82) is 0 Å². The zero-order valence-corrected chi connectivity index (χ0v) is 16.3. The van der Waals surface area contributed by atoms with Gasteiger partial charge in [0.05, 0.1) is 12.7 Å². The third-order valence-corrected chi connectivity index (χ3v) is 4.46. The maximum absolute atomic E-state index is 12.8. The van der Waals surface area contributed by atoms with Crippen LogP contribution in [0, 0.1) is 6.92 Å². The number of rotatable bonds is 6. The van der Waals surface area contributed by atoms with Gasteiger partial charge in [0.15, 0.2) is 11.5 Å². The number of nitrogens with one attached hydrogen (secondary N) is 1. The van der Waals surface area contributed by atoms with Crippen LogP contribution in [0.2, 0.25) is 0 Å². The molecule has 10 heteroatoms. The van der Waals surface area contributed by atoms with Crippen LogP contribution in [-0.2, 0) is 20.9 Å². The number of ether oxygens (including phenoxy) is 3. The molecule has 0 spiro atoms. The lowest BCUT2D eigenvalue weighted by Crippen LogP contribution is -2.31. The van der Waals surface area contributed by atoms with Crippen molar-refractivity contribution in [3.63, 3.8) is 0 Å². The molecule has 0 saturated heterocycles. The van der Waals surface area contributed by atoms with Crippen molar-refractivity contribution in [2.24, 2.45) is 0 Å². The number of hydrogen-bond donors (Lipinski definition) is 1. The summed E-state index contributed by atoms with van der Waals surface area (Å²) < 4.78 is 53.8. The first kappa shape index (κ1) is 22.3. The number of anilines is 1. The first-order valence-electron chi connectivity index (χ1n) is 8.62. The van der Waals surface area contributed by atoms with E-state index in [0.29, 0.717) is 12.0 Å². The molecule has 29 heavy (non-hydrogen) atoms. The minimum Gasteiger partial charge on any atom is -0.492 e. The van der Waals surface area contributed by atoms with Crippen LogP contribution < -0.4 is 14.8 Å². The fourth-order valence-electron chi connectivity index (χ4n) is 2.74. The second kappa shape index (κ2) is 8.54. The minimum atomic E-state index is -5.22. The Balaban J connectivity index is 2.56.